The third-order valence-electron chi connectivity index (χ3n) is 27.0. The first-order chi connectivity index (χ1) is 51.5. The van der Waals surface area contributed by atoms with E-state index in [9.17, 15) is 95.2 Å². The lowest BCUT2D eigenvalue weighted by atomic mass is 9.33. The molecule has 10 aliphatic rings. The molecule has 0 aromatic rings. The van der Waals surface area contributed by atoms with Gasteiger partial charge in [-0.15, -0.1) is 0 Å². The van der Waals surface area contributed by atoms with Crippen LogP contribution in [0.1, 0.15) is 161 Å². The van der Waals surface area contributed by atoms with Crippen LogP contribution in [0.5, 0.6) is 0 Å². The number of aliphatic carboxylic acids is 1. The molecule has 35 nitrogen and oxygen atoms in total. The zero-order valence-corrected chi connectivity index (χ0v) is 64.7. The molecule has 0 radical (unpaired) electrons. The Kier molecular flexibility index (Phi) is 26.9. The molecule has 35 heteroatoms. The first-order valence-corrected chi connectivity index (χ1v) is 38.4. The van der Waals surface area contributed by atoms with Crippen molar-refractivity contribution in [1.29, 1.82) is 0 Å². The molecule has 0 unspecified atom stereocenters. The predicted octanol–water partition coefficient (Wildman–Crippen LogP) is -0.632. The summed E-state index contributed by atoms with van der Waals surface area (Å²) in [5, 5.41) is 145. The highest BCUT2D eigenvalue weighted by Gasteiger charge is 2.74. The maximum Gasteiger partial charge on any atom is 0.335 e. The van der Waals surface area contributed by atoms with E-state index in [1.165, 1.54) is 27.9 Å². The van der Waals surface area contributed by atoms with Crippen molar-refractivity contribution in [1.82, 2.24) is 0 Å². The molecule has 0 amide bonds. The molecule has 0 spiro atoms. The third-order valence-corrected chi connectivity index (χ3v) is 27.0. The van der Waals surface area contributed by atoms with Gasteiger partial charge in [-0.05, 0) is 119 Å². The maximum absolute atomic E-state index is 16.6. The Hall–Kier alpha value is -4.81. The smallest absolute Gasteiger partial charge is 0.335 e. The minimum Gasteiger partial charge on any atom is -0.479 e. The van der Waals surface area contributed by atoms with Crippen LogP contribution in [0.25, 0.3) is 0 Å². The second kappa shape index (κ2) is 33.8. The number of aliphatic hydroxyl groups excluding tert-OH is 12. The van der Waals surface area contributed by atoms with Gasteiger partial charge >= 0.3 is 41.8 Å². The van der Waals surface area contributed by atoms with Crippen molar-refractivity contribution in [3.63, 3.8) is 0 Å². The molecule has 4 saturated carbocycles. The topological polar surface area (TPSA) is 521 Å². The summed E-state index contributed by atoms with van der Waals surface area (Å²) in [6.07, 6.45) is -45.6. The summed E-state index contributed by atoms with van der Waals surface area (Å²) in [5.41, 5.74) is -6.37. The Morgan fingerprint density at radius 3 is 1.63 bits per heavy atom. The number of methoxy groups -OCH3 is 1. The Morgan fingerprint density at radius 1 is 0.527 bits per heavy atom. The summed E-state index contributed by atoms with van der Waals surface area (Å²) < 4.78 is 92.6. The van der Waals surface area contributed by atoms with Crippen molar-refractivity contribution < 1.29 is 171 Å². The molecule has 9 fully saturated rings. The number of ether oxygens (including phenoxy) is 15. The molecular weight excluding hydrogens is 1460 g/mol. The van der Waals surface area contributed by atoms with Crippen molar-refractivity contribution in [3.8, 4) is 0 Å². The van der Waals surface area contributed by atoms with Crippen LogP contribution in [0, 0.1) is 62.1 Å². The van der Waals surface area contributed by atoms with Crippen LogP contribution in [-0.4, -0.2) is 301 Å². The van der Waals surface area contributed by atoms with Crippen LogP contribution >= 0.6 is 0 Å². The van der Waals surface area contributed by atoms with Crippen LogP contribution in [0.2, 0.25) is 0 Å². The van der Waals surface area contributed by atoms with Crippen LogP contribution < -0.4 is 0 Å². The van der Waals surface area contributed by atoms with Gasteiger partial charge in [-0.3, -0.25) is 28.8 Å². The monoisotopic (exact) mass is 1580 g/mol. The lowest BCUT2D eigenvalue weighted by molar-refractivity contribution is -0.386. The number of rotatable bonds is 23. The average Bonchev–Trinajstić information content (AvgIpc) is 0.669. The van der Waals surface area contributed by atoms with Gasteiger partial charge in [-0.2, -0.15) is 0 Å². The molecule has 5 saturated heterocycles. The lowest BCUT2D eigenvalue weighted by Crippen LogP contribution is -2.70. The molecular formula is C75H116O35. The van der Waals surface area contributed by atoms with Crippen molar-refractivity contribution in [2.75, 3.05) is 26.9 Å². The van der Waals surface area contributed by atoms with Gasteiger partial charge in [-0.1, -0.05) is 67.0 Å². The number of esters is 6. The van der Waals surface area contributed by atoms with Gasteiger partial charge in [0.25, 0.3) is 0 Å². The van der Waals surface area contributed by atoms with Crippen LogP contribution in [0.4, 0.5) is 0 Å². The van der Waals surface area contributed by atoms with Crippen molar-refractivity contribution in [2.24, 2.45) is 62.1 Å². The van der Waals surface area contributed by atoms with Crippen LogP contribution in [-0.2, 0) is 105 Å². The molecule has 626 valence electrons. The first-order valence-electron chi connectivity index (χ1n) is 38.4. The second-order valence-electron chi connectivity index (χ2n) is 33.6. The van der Waals surface area contributed by atoms with Crippen molar-refractivity contribution >= 4 is 41.8 Å². The number of hydrogen-bond donors (Lipinski definition) is 13. The minimum atomic E-state index is -2.16. The Bertz CT molecular complexity index is 3320. The zero-order valence-electron chi connectivity index (χ0n) is 64.7. The van der Waals surface area contributed by atoms with Gasteiger partial charge < -0.3 is 137 Å². The number of hydrogen-bond acceptors (Lipinski definition) is 34. The summed E-state index contributed by atoms with van der Waals surface area (Å²) in [6, 6.07) is 0. The zero-order chi connectivity index (χ0) is 81.3. The van der Waals surface area contributed by atoms with E-state index >= 15 is 4.79 Å². The summed E-state index contributed by atoms with van der Waals surface area (Å²) in [5.74, 6) is -9.95. The third kappa shape index (κ3) is 15.7. The quantitative estimate of drug-likeness (QED) is 0.0262. The lowest BCUT2D eigenvalue weighted by Gasteiger charge is -2.72. The number of carbonyl (C=O) groups excluding carboxylic acids is 6. The molecule has 110 heavy (non-hydrogen) atoms. The SMILES string of the molecule is CC[C@H](C)C(=O)O[C@@H]1[C@@H](O)[C@H](C)O[C@@H](O[C@H]2[C@H](OC(=O)[C@]34CC[C@](C)(C(=O)OC)C[C@H]3C3=CC[C@@H]5[C@@]6(C)CC[C@H](O[C@@H]7O[C@H](C(=O)O)[C@@H](O)[C@H](O)[C@H]7O[C@@H]7O[C@H](CO)[C@H](O)[C@H](O)[C@H]7O)[C@@](C)(COC(C)=O)[C@@H]6CC[C@@]5(C)[C@]3(C)C[C@H]4O)O[C@H](C)[C@H](OC(=O)[C@@H](C)CC)[C@@H]2O[C@@H]2O[C@H](CO)[C@@H](O)[C@H](O)[C@H]2O)[C@@H]1OC(C)=O. The van der Waals surface area contributed by atoms with E-state index in [1.807, 2.05) is 19.9 Å². The second-order valence-corrected chi connectivity index (χ2v) is 33.6. The minimum absolute atomic E-state index is 0.0472. The normalized spacial score (nSPS) is 47.9. The number of carbonyl (C=O) groups is 7. The summed E-state index contributed by atoms with van der Waals surface area (Å²) in [7, 11) is 1.24. The number of carboxylic acid groups (broad SMARTS) is 1. The number of aliphatic hydroxyl groups is 12. The van der Waals surface area contributed by atoms with Crippen LogP contribution in [0.3, 0.4) is 0 Å². The van der Waals surface area contributed by atoms with E-state index in [2.05, 4.69) is 13.8 Å². The highest BCUT2D eigenvalue weighted by Crippen LogP contribution is 2.76. The molecule has 38 atom stereocenters. The fourth-order valence-electron chi connectivity index (χ4n) is 19.9. The highest BCUT2D eigenvalue weighted by atomic mass is 16.8. The summed E-state index contributed by atoms with van der Waals surface area (Å²) in [6.45, 7) is 19.4. The van der Waals surface area contributed by atoms with E-state index in [0.29, 0.717) is 37.7 Å². The largest absolute Gasteiger partial charge is 0.479 e. The van der Waals surface area contributed by atoms with Gasteiger partial charge in [-0.25, -0.2) is 4.79 Å². The molecule has 5 aliphatic carbocycles. The van der Waals surface area contributed by atoms with Gasteiger partial charge in [0.05, 0.1) is 68.6 Å². The molecule has 0 aromatic carbocycles. The van der Waals surface area contributed by atoms with E-state index < -0.39 is 277 Å². The molecule has 13 N–H and O–H groups in total. The predicted molar refractivity (Wildman–Crippen MR) is 368 cm³/mol. The Morgan fingerprint density at radius 2 is 1.08 bits per heavy atom. The maximum atomic E-state index is 16.6. The molecule has 5 aliphatic heterocycles. The average molecular weight is 1580 g/mol. The van der Waals surface area contributed by atoms with Gasteiger partial charge in [0.2, 0.25) is 6.29 Å². The molecule has 5 heterocycles. The Balaban J connectivity index is 1.04. The fraction of sp³-hybridized carbons (Fsp3) is 0.880. The number of fused-ring (bicyclic) bond motifs is 7. The standard InChI is InChI=1S/C75H116O35/c1-15-30(3)61(92)104-53-33(6)99-67(59(57(53)108-64-52(89)48(85)46(83)39(28-77)102-64)109-66-58(100-35(8)79)54(44(81)32(5)98-66)105-62(93)31(4)16-2)110-69(95)75-24-23-70(9,68(94)96-14)25-37(75)36-17-18-41-71(10)21-20-43(72(11,29-97-34(7)78)40(71)19-22-73(41,12)74(36,13)26-42(75)80)103-65-56(50(87)49(86)55(106-65)60(90)91)107-63-51(88)47(84)45(82)38(27-76)101-63/h17,30-33,37-59,63-67,76-77,80-89H,15-16,18-29H2,1-14H3,(H,90,91)/t30-,31-,32-,33+,37-,38+,39+,40+,41+,42+,43-,44-,45-,46+,47-,48-,49-,50-,51+,52+,53-,54+,55-,56+,57-,58+,59+,63-,64-,65+,66-,67-,70-,71-,72-,73+,74+,75+/m0/s1. The first kappa shape index (κ1) is 87.6. The summed E-state index contributed by atoms with van der Waals surface area (Å²) in [4.78, 5) is 97.6. The fourth-order valence-corrected chi connectivity index (χ4v) is 19.9. The number of allylic oxidation sites excluding steroid dienone is 2. The van der Waals surface area contributed by atoms with E-state index in [1.54, 1.807) is 34.6 Å². The van der Waals surface area contributed by atoms with E-state index in [0.717, 1.165) is 6.92 Å². The van der Waals surface area contributed by atoms with E-state index in [4.69, 9.17) is 71.1 Å². The summed E-state index contributed by atoms with van der Waals surface area (Å²) >= 11 is 0. The van der Waals surface area contributed by atoms with Gasteiger partial charge in [0.1, 0.15) is 84.8 Å². The molecule has 0 aromatic heterocycles. The number of carboxylic acids is 1. The van der Waals surface area contributed by atoms with Crippen molar-refractivity contribution in [3.05, 3.63) is 11.6 Å². The molecule has 10 rings (SSSR count). The van der Waals surface area contributed by atoms with Gasteiger partial charge in [0.15, 0.2) is 55.7 Å². The van der Waals surface area contributed by atoms with Crippen molar-refractivity contribution in [2.45, 2.75) is 326 Å². The Labute approximate surface area is 637 Å². The van der Waals surface area contributed by atoms with Crippen LogP contribution in [0.15, 0.2) is 11.6 Å². The highest BCUT2D eigenvalue weighted by molar-refractivity contribution is 5.82. The van der Waals surface area contributed by atoms with Gasteiger partial charge in [0, 0.05) is 25.2 Å². The molecule has 0 bridgehead atoms. The van der Waals surface area contributed by atoms with E-state index in [-0.39, 0.29) is 51.0 Å².